The van der Waals surface area contributed by atoms with E-state index in [1.807, 2.05) is 0 Å². The van der Waals surface area contributed by atoms with Gasteiger partial charge in [-0.05, 0) is 43.3 Å². The maximum atomic E-state index is 12.4. The standard InChI is InChI=1S/C18H16N4O3S/c1-11-15(17(24)21-13-4-3-9-19-10-13)26-18(20-11)22-16(23)12-5-7-14(25-2)8-6-12/h3-10H,1-2H3,(H,21,24)(H,20,22,23). The van der Waals surface area contributed by atoms with Gasteiger partial charge >= 0.3 is 0 Å². The van der Waals surface area contributed by atoms with Crippen LogP contribution in [0.25, 0.3) is 0 Å². The highest BCUT2D eigenvalue weighted by Gasteiger charge is 2.17. The summed E-state index contributed by atoms with van der Waals surface area (Å²) < 4.78 is 5.07. The highest BCUT2D eigenvalue weighted by Crippen LogP contribution is 2.24. The van der Waals surface area contributed by atoms with Crippen LogP contribution < -0.4 is 15.4 Å². The number of pyridine rings is 1. The first-order valence-electron chi connectivity index (χ1n) is 7.71. The molecule has 0 radical (unpaired) electrons. The third kappa shape index (κ3) is 4.04. The fourth-order valence-electron chi connectivity index (χ4n) is 2.20. The summed E-state index contributed by atoms with van der Waals surface area (Å²) in [6.45, 7) is 1.72. The van der Waals surface area contributed by atoms with Crippen molar-refractivity contribution in [1.29, 1.82) is 0 Å². The van der Waals surface area contributed by atoms with E-state index in [0.29, 0.717) is 32.7 Å². The van der Waals surface area contributed by atoms with Gasteiger partial charge in [-0.25, -0.2) is 4.98 Å². The molecule has 132 valence electrons. The van der Waals surface area contributed by atoms with Crippen LogP contribution in [0.2, 0.25) is 0 Å². The first kappa shape index (κ1) is 17.6. The molecule has 0 saturated heterocycles. The van der Waals surface area contributed by atoms with Gasteiger partial charge in [0.25, 0.3) is 11.8 Å². The van der Waals surface area contributed by atoms with E-state index in [0.717, 1.165) is 11.3 Å². The number of nitrogens with zero attached hydrogens (tertiary/aromatic N) is 2. The van der Waals surface area contributed by atoms with Crippen LogP contribution in [0.3, 0.4) is 0 Å². The number of benzene rings is 1. The molecule has 0 fully saturated rings. The Hall–Kier alpha value is -3.26. The minimum absolute atomic E-state index is 0.294. The van der Waals surface area contributed by atoms with Crippen LogP contribution in [0.5, 0.6) is 5.75 Å². The third-order valence-electron chi connectivity index (χ3n) is 3.49. The minimum atomic E-state index is -0.305. The van der Waals surface area contributed by atoms with E-state index in [-0.39, 0.29) is 11.8 Å². The van der Waals surface area contributed by atoms with Gasteiger partial charge in [0.05, 0.1) is 24.7 Å². The molecule has 1 aromatic carbocycles. The average molecular weight is 368 g/mol. The van der Waals surface area contributed by atoms with Crippen LogP contribution in [-0.4, -0.2) is 28.9 Å². The first-order chi connectivity index (χ1) is 12.6. The molecule has 2 N–H and O–H groups in total. The van der Waals surface area contributed by atoms with Gasteiger partial charge in [0, 0.05) is 11.8 Å². The molecule has 3 rings (SSSR count). The number of carbonyl (C=O) groups excluding carboxylic acids is 2. The SMILES string of the molecule is COc1ccc(C(=O)Nc2nc(C)c(C(=O)Nc3cccnc3)s2)cc1. The normalized spacial score (nSPS) is 10.2. The van der Waals surface area contributed by atoms with Gasteiger partial charge < -0.3 is 10.1 Å². The van der Waals surface area contributed by atoms with Crippen LogP contribution >= 0.6 is 11.3 Å². The molecule has 8 heteroatoms. The quantitative estimate of drug-likeness (QED) is 0.720. The molecule has 0 atom stereocenters. The summed E-state index contributed by atoms with van der Waals surface area (Å²) in [6.07, 6.45) is 3.18. The summed E-state index contributed by atoms with van der Waals surface area (Å²) >= 11 is 1.12. The van der Waals surface area contributed by atoms with Crippen molar-refractivity contribution in [2.45, 2.75) is 6.92 Å². The Kier molecular flexibility index (Phi) is 5.23. The lowest BCUT2D eigenvalue weighted by Gasteiger charge is -2.03. The smallest absolute Gasteiger partial charge is 0.267 e. The van der Waals surface area contributed by atoms with Gasteiger partial charge in [0.1, 0.15) is 10.6 Å². The number of methoxy groups -OCH3 is 1. The lowest BCUT2D eigenvalue weighted by atomic mass is 10.2. The number of ether oxygens (including phenoxy) is 1. The molecule has 7 nitrogen and oxygen atoms in total. The number of nitrogens with one attached hydrogen (secondary N) is 2. The Morgan fingerprint density at radius 2 is 1.85 bits per heavy atom. The Labute approximate surface area is 154 Å². The van der Waals surface area contributed by atoms with Gasteiger partial charge in [-0.3, -0.25) is 19.9 Å². The van der Waals surface area contributed by atoms with E-state index in [9.17, 15) is 9.59 Å². The van der Waals surface area contributed by atoms with Crippen LogP contribution in [0.1, 0.15) is 25.7 Å². The van der Waals surface area contributed by atoms with Gasteiger partial charge in [-0.15, -0.1) is 0 Å². The Morgan fingerprint density at radius 1 is 1.08 bits per heavy atom. The van der Waals surface area contributed by atoms with Crippen LogP contribution in [0.4, 0.5) is 10.8 Å². The maximum absolute atomic E-state index is 12.4. The molecule has 0 spiro atoms. The summed E-state index contributed by atoms with van der Waals surface area (Å²) in [5.41, 5.74) is 1.61. The van der Waals surface area contributed by atoms with Crippen molar-refractivity contribution < 1.29 is 14.3 Å². The number of aromatic nitrogens is 2. The zero-order valence-corrected chi connectivity index (χ0v) is 15.0. The number of hydrogen-bond acceptors (Lipinski definition) is 6. The summed E-state index contributed by atoms with van der Waals surface area (Å²) in [5, 5.41) is 5.82. The monoisotopic (exact) mass is 368 g/mol. The zero-order chi connectivity index (χ0) is 18.5. The lowest BCUT2D eigenvalue weighted by Crippen LogP contribution is -2.11. The molecule has 0 aliphatic heterocycles. The fourth-order valence-corrected chi connectivity index (χ4v) is 3.05. The molecule has 0 saturated carbocycles. The number of carbonyl (C=O) groups is 2. The van der Waals surface area contributed by atoms with Crippen LogP contribution in [0, 0.1) is 6.92 Å². The van der Waals surface area contributed by atoms with Crippen molar-refractivity contribution in [2.75, 3.05) is 17.7 Å². The second kappa shape index (κ2) is 7.75. The summed E-state index contributed by atoms with van der Waals surface area (Å²) in [6, 6.07) is 10.2. The summed E-state index contributed by atoms with van der Waals surface area (Å²) in [7, 11) is 1.56. The number of amides is 2. The van der Waals surface area contributed by atoms with E-state index in [2.05, 4.69) is 20.6 Å². The van der Waals surface area contributed by atoms with Crippen LogP contribution in [-0.2, 0) is 0 Å². The Bertz CT molecular complexity index is 923. The van der Waals surface area contributed by atoms with Crippen molar-refractivity contribution in [3.8, 4) is 5.75 Å². The third-order valence-corrected chi connectivity index (χ3v) is 4.57. The molecule has 2 aromatic heterocycles. The maximum Gasteiger partial charge on any atom is 0.267 e. The van der Waals surface area contributed by atoms with Gasteiger partial charge in [0.15, 0.2) is 5.13 Å². The van der Waals surface area contributed by atoms with E-state index in [1.165, 1.54) is 0 Å². The minimum Gasteiger partial charge on any atom is -0.497 e. The highest BCUT2D eigenvalue weighted by molar-refractivity contribution is 7.17. The Balaban J connectivity index is 1.71. The molecule has 26 heavy (non-hydrogen) atoms. The molecular formula is C18H16N4O3S. The van der Waals surface area contributed by atoms with Gasteiger partial charge in [-0.1, -0.05) is 11.3 Å². The zero-order valence-electron chi connectivity index (χ0n) is 14.1. The lowest BCUT2D eigenvalue weighted by molar-refractivity contribution is 0.102. The first-order valence-corrected chi connectivity index (χ1v) is 8.52. The number of hydrogen-bond donors (Lipinski definition) is 2. The number of aryl methyl sites for hydroxylation is 1. The van der Waals surface area contributed by atoms with Crippen molar-refractivity contribution in [1.82, 2.24) is 9.97 Å². The van der Waals surface area contributed by atoms with Crippen LogP contribution in [0.15, 0.2) is 48.8 Å². The topological polar surface area (TPSA) is 93.2 Å². The summed E-state index contributed by atoms with van der Waals surface area (Å²) in [5.74, 6) is 0.0690. The van der Waals surface area contributed by atoms with Crippen molar-refractivity contribution in [3.05, 3.63) is 64.9 Å². The predicted octanol–water partition coefficient (Wildman–Crippen LogP) is 3.36. The second-order valence-corrected chi connectivity index (χ2v) is 6.31. The van der Waals surface area contributed by atoms with E-state index >= 15 is 0 Å². The van der Waals surface area contributed by atoms with Crippen molar-refractivity contribution in [3.63, 3.8) is 0 Å². The molecule has 0 aliphatic rings. The number of thiazole rings is 1. The average Bonchev–Trinajstić information content (AvgIpc) is 3.03. The molecule has 2 heterocycles. The molecule has 0 bridgehead atoms. The van der Waals surface area contributed by atoms with E-state index in [4.69, 9.17) is 4.74 Å². The molecule has 2 amide bonds. The highest BCUT2D eigenvalue weighted by atomic mass is 32.1. The molecule has 0 aliphatic carbocycles. The van der Waals surface area contributed by atoms with E-state index < -0.39 is 0 Å². The molecule has 0 unspecified atom stereocenters. The predicted molar refractivity (Wildman–Crippen MR) is 100.0 cm³/mol. The molecule has 3 aromatic rings. The largest absolute Gasteiger partial charge is 0.497 e. The van der Waals surface area contributed by atoms with Gasteiger partial charge in [0.2, 0.25) is 0 Å². The van der Waals surface area contributed by atoms with Crippen molar-refractivity contribution >= 4 is 34.0 Å². The Morgan fingerprint density at radius 3 is 2.50 bits per heavy atom. The van der Waals surface area contributed by atoms with E-state index in [1.54, 1.807) is 62.8 Å². The van der Waals surface area contributed by atoms with Crippen molar-refractivity contribution in [2.24, 2.45) is 0 Å². The number of anilines is 2. The van der Waals surface area contributed by atoms with Gasteiger partial charge in [-0.2, -0.15) is 0 Å². The number of rotatable bonds is 5. The summed E-state index contributed by atoms with van der Waals surface area (Å²) in [4.78, 5) is 33.3. The molecular weight excluding hydrogens is 352 g/mol. The fraction of sp³-hybridized carbons (Fsp3) is 0.111. The second-order valence-electron chi connectivity index (χ2n) is 5.31.